The van der Waals surface area contributed by atoms with E-state index in [0.717, 1.165) is 56.4 Å². The Morgan fingerprint density at radius 3 is 2.29 bits per heavy atom. The van der Waals surface area contributed by atoms with Gasteiger partial charge in [-0.2, -0.15) is 4.98 Å². The molecule has 1 fully saturated rings. The van der Waals surface area contributed by atoms with Gasteiger partial charge in [0.2, 0.25) is 5.95 Å². The Balaban J connectivity index is 1.34. The molecule has 0 radical (unpaired) electrons. The van der Waals surface area contributed by atoms with Crippen LogP contribution >= 0.6 is 0 Å². The molecule has 0 spiro atoms. The summed E-state index contributed by atoms with van der Waals surface area (Å²) in [5.41, 5.74) is 0.870. The molecule has 1 aliphatic rings. The predicted octanol–water partition coefficient (Wildman–Crippen LogP) is 0.430. The molecule has 1 saturated heterocycles. The maximum absolute atomic E-state index is 9.14. The Bertz CT molecular complexity index is 1060. The third-order valence-electron chi connectivity index (χ3n) is 5.39. The molecular formula is C25H32IN6O3-. The fourth-order valence-corrected chi connectivity index (χ4v) is 5.26. The summed E-state index contributed by atoms with van der Waals surface area (Å²) in [5, 5.41) is 12.4. The summed E-state index contributed by atoms with van der Waals surface area (Å²) in [6.07, 6.45) is 1.04. The molecule has 188 valence electrons. The van der Waals surface area contributed by atoms with Crippen molar-refractivity contribution in [2.24, 2.45) is 0 Å². The number of β-amino-alcohol motifs (C(OH)–C–C–N with tert-alkyl or cyclic N) is 1. The molecule has 0 amide bonds. The zero-order chi connectivity index (χ0) is 24.5. The number of halogens is 1. The Hall–Kier alpha value is -2.54. The molecule has 35 heavy (non-hydrogen) atoms. The van der Waals surface area contributed by atoms with E-state index in [1.165, 1.54) is 3.57 Å². The van der Waals surface area contributed by atoms with Crippen molar-refractivity contribution in [1.82, 2.24) is 19.9 Å². The molecule has 10 heteroatoms. The molecule has 0 bridgehead atoms. The average molecular weight is 591 g/mol. The van der Waals surface area contributed by atoms with Gasteiger partial charge in [-0.1, -0.05) is 0 Å². The Morgan fingerprint density at radius 2 is 1.63 bits per heavy atom. The number of piperazine rings is 1. The van der Waals surface area contributed by atoms with Crippen molar-refractivity contribution in [3.63, 3.8) is 0 Å². The number of hydrogen-bond donors (Lipinski definition) is 2. The predicted molar refractivity (Wildman–Crippen MR) is 131 cm³/mol. The number of aliphatic hydroxyl groups is 1. The van der Waals surface area contributed by atoms with Crippen LogP contribution in [0.4, 0.5) is 17.6 Å². The molecule has 2 N–H and O–H groups in total. The fourth-order valence-electron chi connectivity index (χ4n) is 3.58. The zero-order valence-corrected chi connectivity index (χ0v) is 22.3. The third kappa shape index (κ3) is 7.72. The van der Waals surface area contributed by atoms with E-state index in [1.807, 2.05) is 43.3 Å². The zero-order valence-electron chi connectivity index (χ0n) is 20.2. The normalized spacial score (nSPS) is 14.3. The van der Waals surface area contributed by atoms with Gasteiger partial charge in [-0.05, 0) is 6.92 Å². The van der Waals surface area contributed by atoms with Crippen LogP contribution < -0.4 is 36.6 Å². The monoisotopic (exact) mass is 591 g/mol. The van der Waals surface area contributed by atoms with Gasteiger partial charge in [-0.25, -0.2) is 0 Å². The van der Waals surface area contributed by atoms with Gasteiger partial charge >= 0.3 is 140 Å². The van der Waals surface area contributed by atoms with E-state index in [9.17, 15) is 0 Å². The first-order chi connectivity index (χ1) is 17.1. The second kappa shape index (κ2) is 13.0. The van der Waals surface area contributed by atoms with Crippen LogP contribution in [0.1, 0.15) is 19.2 Å². The summed E-state index contributed by atoms with van der Waals surface area (Å²) in [4.78, 5) is 18.0. The SMILES string of the molecule is CCCO[I-]c1ccc(Oc2ccc(Nc3nc(C)nc(N4CCN(CCO)CC4)n3)cc2)cc1. The van der Waals surface area contributed by atoms with Crippen molar-refractivity contribution in [1.29, 1.82) is 0 Å². The van der Waals surface area contributed by atoms with Crippen molar-refractivity contribution in [3.05, 3.63) is 57.9 Å². The Morgan fingerprint density at radius 1 is 0.943 bits per heavy atom. The van der Waals surface area contributed by atoms with Crippen LogP contribution in [0.5, 0.6) is 11.5 Å². The number of benzene rings is 2. The van der Waals surface area contributed by atoms with Crippen LogP contribution in [0.2, 0.25) is 0 Å². The number of hydrogen-bond acceptors (Lipinski definition) is 9. The van der Waals surface area contributed by atoms with E-state index in [4.69, 9.17) is 12.9 Å². The third-order valence-corrected chi connectivity index (χ3v) is 7.37. The van der Waals surface area contributed by atoms with Gasteiger partial charge in [0.25, 0.3) is 0 Å². The number of anilines is 3. The summed E-state index contributed by atoms with van der Waals surface area (Å²) < 4.78 is 12.9. The van der Waals surface area contributed by atoms with E-state index >= 15 is 0 Å². The van der Waals surface area contributed by atoms with Crippen molar-refractivity contribution >= 4 is 17.6 Å². The van der Waals surface area contributed by atoms with Crippen LogP contribution in [-0.4, -0.2) is 70.9 Å². The molecule has 9 nitrogen and oxygen atoms in total. The molecule has 1 aliphatic heterocycles. The summed E-state index contributed by atoms with van der Waals surface area (Å²) >= 11 is -0.390. The molecule has 4 rings (SSSR count). The van der Waals surface area contributed by atoms with Gasteiger partial charge < -0.3 is 10.0 Å². The number of rotatable bonds is 11. The second-order valence-electron chi connectivity index (χ2n) is 8.15. The van der Waals surface area contributed by atoms with E-state index < -0.39 is 21.6 Å². The maximum atomic E-state index is 9.14. The van der Waals surface area contributed by atoms with Crippen LogP contribution in [0.3, 0.4) is 0 Å². The van der Waals surface area contributed by atoms with Crippen molar-refractivity contribution in [2.45, 2.75) is 20.3 Å². The Labute approximate surface area is 217 Å². The van der Waals surface area contributed by atoms with Gasteiger partial charge in [-0.15, -0.1) is 0 Å². The first-order valence-electron chi connectivity index (χ1n) is 11.9. The van der Waals surface area contributed by atoms with Crippen molar-refractivity contribution < 1.29 is 34.5 Å². The molecule has 0 saturated carbocycles. The van der Waals surface area contributed by atoms with Crippen molar-refractivity contribution in [3.8, 4) is 11.5 Å². The van der Waals surface area contributed by atoms with Crippen LogP contribution in [0.25, 0.3) is 0 Å². The average Bonchev–Trinajstić information content (AvgIpc) is 2.87. The van der Waals surface area contributed by atoms with Crippen LogP contribution in [0, 0.1) is 10.5 Å². The molecule has 2 heterocycles. The van der Waals surface area contributed by atoms with E-state index in [-0.39, 0.29) is 6.61 Å². The second-order valence-corrected chi connectivity index (χ2v) is 10.5. The van der Waals surface area contributed by atoms with Gasteiger partial charge in [-0.3, -0.25) is 4.90 Å². The molecular weight excluding hydrogens is 559 g/mol. The van der Waals surface area contributed by atoms with Crippen LogP contribution in [0.15, 0.2) is 48.5 Å². The molecule has 1 aromatic heterocycles. The number of aromatic nitrogens is 3. The number of aryl methyl sites for hydroxylation is 1. The molecule has 2 aromatic carbocycles. The van der Waals surface area contributed by atoms with Gasteiger partial charge in [0.15, 0.2) is 0 Å². The quantitative estimate of drug-likeness (QED) is 0.243. The van der Waals surface area contributed by atoms with E-state index in [1.54, 1.807) is 0 Å². The molecule has 0 atom stereocenters. The van der Waals surface area contributed by atoms with E-state index in [0.29, 0.717) is 24.3 Å². The van der Waals surface area contributed by atoms with Gasteiger partial charge in [0.1, 0.15) is 5.82 Å². The van der Waals surface area contributed by atoms with Gasteiger partial charge in [0.05, 0.1) is 6.61 Å². The minimum absolute atomic E-state index is 0.185. The first-order valence-corrected chi connectivity index (χ1v) is 13.8. The number of nitrogens with zero attached hydrogens (tertiary/aromatic N) is 5. The van der Waals surface area contributed by atoms with E-state index in [2.05, 4.69) is 49.1 Å². The summed E-state index contributed by atoms with van der Waals surface area (Å²) in [6.45, 7) is 9.11. The fraction of sp³-hybridized carbons (Fsp3) is 0.400. The number of aliphatic hydroxyl groups excluding tert-OH is 1. The van der Waals surface area contributed by atoms with Gasteiger partial charge in [0, 0.05) is 32.7 Å². The standard InChI is InChI=1S/C25H32IN6O3/c1-3-18-34-26-20-4-8-22(9-5-20)35-23-10-6-21(7-11-23)29-24-27-19(2)28-25(30-24)32-14-12-31(13-15-32)16-17-33/h4-11,33H,3,12-18H2,1-2H3,(H,27,28,29,30)/q-1. The number of ether oxygens (including phenoxy) is 1. The summed E-state index contributed by atoms with van der Waals surface area (Å²) in [5.74, 6) is 3.41. The Kier molecular flexibility index (Phi) is 9.46. The topological polar surface area (TPSA) is 95.9 Å². The van der Waals surface area contributed by atoms with Crippen molar-refractivity contribution in [2.75, 3.05) is 56.2 Å². The molecule has 0 aliphatic carbocycles. The first kappa shape index (κ1) is 25.5. The summed E-state index contributed by atoms with van der Waals surface area (Å²) in [7, 11) is 0. The summed E-state index contributed by atoms with van der Waals surface area (Å²) in [6, 6.07) is 15.8. The number of nitrogens with one attached hydrogen (secondary N) is 1. The molecule has 0 unspecified atom stereocenters. The molecule has 3 aromatic rings. The minimum atomic E-state index is -0.390. The van der Waals surface area contributed by atoms with Crippen LogP contribution in [-0.2, 0) is 3.07 Å².